The molecule has 15 heavy (non-hydrogen) atoms. The van der Waals surface area contributed by atoms with Crippen LogP contribution in [0.3, 0.4) is 0 Å². The summed E-state index contributed by atoms with van der Waals surface area (Å²) in [6, 6.07) is 10.1. The van der Waals surface area contributed by atoms with E-state index in [2.05, 4.69) is 6.58 Å². The molecule has 2 unspecified atom stereocenters. The molecule has 0 heterocycles. The van der Waals surface area contributed by atoms with Gasteiger partial charge in [0.1, 0.15) is 0 Å². The molecule has 0 aliphatic carbocycles. The zero-order valence-corrected chi connectivity index (χ0v) is 9.23. The molecule has 1 aromatic carbocycles. The standard InChI is InChI=1S/C13H19NO/c1-3-4-10-12(14)13(15-2)11-8-6-5-7-9-11/h3,5-9,12-13H,1,4,10,14H2,2H3. The highest BCUT2D eigenvalue weighted by molar-refractivity contribution is 5.19. The average Bonchev–Trinajstić information content (AvgIpc) is 2.29. The lowest BCUT2D eigenvalue weighted by atomic mass is 9.99. The van der Waals surface area contributed by atoms with Crippen LogP contribution in [0, 0.1) is 0 Å². The lowest BCUT2D eigenvalue weighted by Crippen LogP contribution is -2.29. The Morgan fingerprint density at radius 3 is 2.60 bits per heavy atom. The summed E-state index contributed by atoms with van der Waals surface area (Å²) in [7, 11) is 1.70. The first-order chi connectivity index (χ1) is 7.29. The molecule has 0 spiro atoms. The van der Waals surface area contributed by atoms with Gasteiger partial charge in [0.05, 0.1) is 6.10 Å². The topological polar surface area (TPSA) is 35.2 Å². The van der Waals surface area contributed by atoms with Crippen molar-refractivity contribution in [3.63, 3.8) is 0 Å². The smallest absolute Gasteiger partial charge is 0.0972 e. The van der Waals surface area contributed by atoms with Crippen molar-refractivity contribution < 1.29 is 4.74 Å². The Morgan fingerprint density at radius 1 is 1.40 bits per heavy atom. The number of hydrogen-bond acceptors (Lipinski definition) is 2. The molecule has 2 heteroatoms. The van der Waals surface area contributed by atoms with Gasteiger partial charge in [0.15, 0.2) is 0 Å². The van der Waals surface area contributed by atoms with Crippen LogP contribution in [-0.4, -0.2) is 13.2 Å². The number of allylic oxidation sites excluding steroid dienone is 1. The molecular weight excluding hydrogens is 186 g/mol. The normalized spacial score (nSPS) is 14.5. The van der Waals surface area contributed by atoms with Crippen LogP contribution in [0.5, 0.6) is 0 Å². The molecule has 0 aliphatic heterocycles. The molecule has 2 nitrogen and oxygen atoms in total. The predicted molar refractivity (Wildman–Crippen MR) is 63.6 cm³/mol. The Labute approximate surface area is 91.7 Å². The number of ether oxygens (including phenoxy) is 1. The molecule has 0 aromatic heterocycles. The van der Waals surface area contributed by atoms with Crippen molar-refractivity contribution in [3.05, 3.63) is 48.6 Å². The molecule has 0 saturated heterocycles. The summed E-state index contributed by atoms with van der Waals surface area (Å²) in [6.07, 6.45) is 3.69. The summed E-state index contributed by atoms with van der Waals surface area (Å²) in [6.45, 7) is 3.69. The van der Waals surface area contributed by atoms with Crippen LogP contribution in [-0.2, 0) is 4.74 Å². The van der Waals surface area contributed by atoms with Crippen LogP contribution < -0.4 is 5.73 Å². The van der Waals surface area contributed by atoms with Gasteiger partial charge in [-0.2, -0.15) is 0 Å². The maximum Gasteiger partial charge on any atom is 0.0972 e. The molecule has 0 bridgehead atoms. The van der Waals surface area contributed by atoms with Crippen molar-refractivity contribution in [2.45, 2.75) is 25.0 Å². The minimum absolute atomic E-state index is 0.0221. The van der Waals surface area contributed by atoms with E-state index in [1.54, 1.807) is 7.11 Å². The number of methoxy groups -OCH3 is 1. The summed E-state index contributed by atoms with van der Waals surface area (Å²) in [5, 5.41) is 0. The molecule has 1 rings (SSSR count). The van der Waals surface area contributed by atoms with Gasteiger partial charge >= 0.3 is 0 Å². The zero-order valence-electron chi connectivity index (χ0n) is 9.23. The molecule has 0 radical (unpaired) electrons. The number of rotatable bonds is 6. The van der Waals surface area contributed by atoms with E-state index in [1.807, 2.05) is 36.4 Å². The van der Waals surface area contributed by atoms with Gasteiger partial charge in [0.2, 0.25) is 0 Å². The summed E-state index contributed by atoms with van der Waals surface area (Å²) >= 11 is 0. The van der Waals surface area contributed by atoms with Gasteiger partial charge in [-0.25, -0.2) is 0 Å². The third kappa shape index (κ3) is 3.50. The molecule has 0 aliphatic rings. The SMILES string of the molecule is C=CCCC(N)C(OC)c1ccccc1. The number of nitrogens with two attached hydrogens (primary N) is 1. The van der Waals surface area contributed by atoms with Crippen molar-refractivity contribution in [1.29, 1.82) is 0 Å². The largest absolute Gasteiger partial charge is 0.375 e. The van der Waals surface area contributed by atoms with Crippen molar-refractivity contribution in [2.24, 2.45) is 5.73 Å². The van der Waals surface area contributed by atoms with E-state index in [0.29, 0.717) is 0 Å². The molecular formula is C13H19NO. The van der Waals surface area contributed by atoms with Crippen LogP contribution in [0.25, 0.3) is 0 Å². The highest BCUT2D eigenvalue weighted by Crippen LogP contribution is 2.21. The molecule has 1 aromatic rings. The lowest BCUT2D eigenvalue weighted by molar-refractivity contribution is 0.0779. The van der Waals surface area contributed by atoms with Gasteiger partial charge < -0.3 is 10.5 Å². The molecule has 2 atom stereocenters. The summed E-state index contributed by atoms with van der Waals surface area (Å²) < 4.78 is 5.44. The van der Waals surface area contributed by atoms with Gasteiger partial charge in [-0.05, 0) is 18.4 Å². The fourth-order valence-corrected chi connectivity index (χ4v) is 1.66. The second-order valence-electron chi connectivity index (χ2n) is 3.60. The van der Waals surface area contributed by atoms with Gasteiger partial charge in [-0.1, -0.05) is 36.4 Å². The van der Waals surface area contributed by atoms with Crippen LogP contribution in [0.2, 0.25) is 0 Å². The highest BCUT2D eigenvalue weighted by Gasteiger charge is 2.17. The first kappa shape index (κ1) is 12.0. The highest BCUT2D eigenvalue weighted by atomic mass is 16.5. The summed E-state index contributed by atoms with van der Waals surface area (Å²) in [5.74, 6) is 0. The van der Waals surface area contributed by atoms with Gasteiger partial charge in [-0.15, -0.1) is 6.58 Å². The second kappa shape index (κ2) is 6.38. The third-order valence-corrected chi connectivity index (χ3v) is 2.48. The van der Waals surface area contributed by atoms with E-state index >= 15 is 0 Å². The Hall–Kier alpha value is -1.12. The van der Waals surface area contributed by atoms with Crippen molar-refractivity contribution in [3.8, 4) is 0 Å². The van der Waals surface area contributed by atoms with Gasteiger partial charge in [0.25, 0.3) is 0 Å². The minimum Gasteiger partial charge on any atom is -0.375 e. The molecule has 0 amide bonds. The van der Waals surface area contributed by atoms with E-state index < -0.39 is 0 Å². The Bertz CT molecular complexity index is 284. The first-order valence-corrected chi connectivity index (χ1v) is 5.23. The maximum atomic E-state index is 6.07. The molecule has 2 N–H and O–H groups in total. The van der Waals surface area contributed by atoms with E-state index in [9.17, 15) is 0 Å². The van der Waals surface area contributed by atoms with Crippen LogP contribution in [0.15, 0.2) is 43.0 Å². The second-order valence-corrected chi connectivity index (χ2v) is 3.60. The summed E-state index contributed by atoms with van der Waals surface area (Å²) in [4.78, 5) is 0. The van der Waals surface area contributed by atoms with Crippen LogP contribution in [0.1, 0.15) is 24.5 Å². The van der Waals surface area contributed by atoms with Gasteiger partial charge in [0, 0.05) is 13.2 Å². The van der Waals surface area contributed by atoms with Crippen LogP contribution >= 0.6 is 0 Å². The van der Waals surface area contributed by atoms with Crippen molar-refractivity contribution in [2.75, 3.05) is 7.11 Å². The zero-order chi connectivity index (χ0) is 11.1. The molecule has 0 saturated carbocycles. The predicted octanol–water partition coefficient (Wildman–Crippen LogP) is 2.67. The number of hydrogen-bond donors (Lipinski definition) is 1. The summed E-state index contributed by atoms with van der Waals surface area (Å²) in [5.41, 5.74) is 7.21. The molecule has 82 valence electrons. The number of benzene rings is 1. The van der Waals surface area contributed by atoms with Gasteiger partial charge in [-0.3, -0.25) is 0 Å². The van der Waals surface area contributed by atoms with Crippen molar-refractivity contribution >= 4 is 0 Å². The van der Waals surface area contributed by atoms with E-state index in [-0.39, 0.29) is 12.1 Å². The third-order valence-electron chi connectivity index (χ3n) is 2.48. The lowest BCUT2D eigenvalue weighted by Gasteiger charge is -2.22. The fraction of sp³-hybridized carbons (Fsp3) is 0.385. The Morgan fingerprint density at radius 2 is 2.07 bits per heavy atom. The monoisotopic (exact) mass is 205 g/mol. The maximum absolute atomic E-state index is 6.07. The van der Waals surface area contributed by atoms with Crippen LogP contribution in [0.4, 0.5) is 0 Å². The molecule has 0 fully saturated rings. The first-order valence-electron chi connectivity index (χ1n) is 5.23. The Kier molecular flexibility index (Phi) is 5.08. The average molecular weight is 205 g/mol. The fourth-order valence-electron chi connectivity index (χ4n) is 1.66. The Balaban J connectivity index is 2.66. The van der Waals surface area contributed by atoms with E-state index in [0.717, 1.165) is 18.4 Å². The van der Waals surface area contributed by atoms with Crippen molar-refractivity contribution in [1.82, 2.24) is 0 Å². The quantitative estimate of drug-likeness (QED) is 0.725. The minimum atomic E-state index is -0.0221. The van der Waals surface area contributed by atoms with E-state index in [1.165, 1.54) is 0 Å². The van der Waals surface area contributed by atoms with E-state index in [4.69, 9.17) is 10.5 Å².